The van der Waals surface area contributed by atoms with Crippen LogP contribution in [0, 0.1) is 0 Å². The number of aromatic nitrogens is 4. The number of anilines is 1. The zero-order chi connectivity index (χ0) is 19.9. The molecule has 0 unspecified atom stereocenters. The van der Waals surface area contributed by atoms with E-state index in [0.717, 1.165) is 50.2 Å². The van der Waals surface area contributed by atoms with Gasteiger partial charge in [-0.05, 0) is 11.6 Å². The largest absolute Gasteiger partial charge is 0.352 e. The lowest BCUT2D eigenvalue weighted by Crippen LogP contribution is -2.52. The maximum atomic E-state index is 4.47. The molecule has 1 aliphatic heterocycles. The first-order valence-corrected chi connectivity index (χ1v) is 9.84. The second-order valence-corrected chi connectivity index (χ2v) is 6.96. The predicted molar refractivity (Wildman–Crippen MR) is 114 cm³/mol. The van der Waals surface area contributed by atoms with Gasteiger partial charge in [0, 0.05) is 63.9 Å². The molecule has 8 heteroatoms. The van der Waals surface area contributed by atoms with Gasteiger partial charge in [0.2, 0.25) is 5.95 Å². The Kier molecular flexibility index (Phi) is 5.99. The van der Waals surface area contributed by atoms with E-state index in [1.54, 1.807) is 12.4 Å². The number of nitrogens with zero attached hydrogens (tertiary/aromatic N) is 7. The van der Waals surface area contributed by atoms with Crippen molar-refractivity contribution in [3.05, 3.63) is 72.3 Å². The topological polar surface area (TPSA) is 74.5 Å². The van der Waals surface area contributed by atoms with E-state index in [2.05, 4.69) is 65.6 Å². The van der Waals surface area contributed by atoms with E-state index >= 15 is 0 Å². The van der Waals surface area contributed by atoms with E-state index in [1.165, 1.54) is 5.56 Å². The lowest BCUT2D eigenvalue weighted by Gasteiger charge is -2.36. The molecule has 150 valence electrons. The molecule has 0 bridgehead atoms. The summed E-state index contributed by atoms with van der Waals surface area (Å²) in [7, 11) is 1.83. The molecule has 1 saturated heterocycles. The minimum atomic E-state index is 0.698. The lowest BCUT2D eigenvalue weighted by molar-refractivity contribution is 0.370. The maximum Gasteiger partial charge on any atom is 0.225 e. The minimum Gasteiger partial charge on any atom is -0.352 e. The van der Waals surface area contributed by atoms with Gasteiger partial charge in [-0.15, -0.1) is 0 Å². The quantitative estimate of drug-likeness (QED) is 0.527. The first-order valence-electron chi connectivity index (χ1n) is 9.84. The van der Waals surface area contributed by atoms with Gasteiger partial charge in [0.05, 0.1) is 12.7 Å². The van der Waals surface area contributed by atoms with Crippen molar-refractivity contribution in [2.24, 2.45) is 4.99 Å². The van der Waals surface area contributed by atoms with Crippen molar-refractivity contribution in [1.29, 1.82) is 0 Å². The molecule has 0 radical (unpaired) electrons. The predicted octanol–water partition coefficient (Wildman–Crippen LogP) is 1.62. The average Bonchev–Trinajstić information content (AvgIpc) is 3.23. The highest BCUT2D eigenvalue weighted by Crippen LogP contribution is 2.10. The highest BCUT2D eigenvalue weighted by atomic mass is 15.4. The fourth-order valence-electron chi connectivity index (χ4n) is 3.44. The van der Waals surface area contributed by atoms with Crippen LogP contribution in [0.2, 0.25) is 0 Å². The summed E-state index contributed by atoms with van der Waals surface area (Å²) in [6.45, 7) is 4.98. The van der Waals surface area contributed by atoms with Crippen LogP contribution in [0.3, 0.4) is 0 Å². The van der Waals surface area contributed by atoms with Crippen LogP contribution in [0.1, 0.15) is 11.1 Å². The van der Waals surface area contributed by atoms with Crippen LogP contribution in [0.25, 0.3) is 0 Å². The molecule has 0 spiro atoms. The van der Waals surface area contributed by atoms with Crippen molar-refractivity contribution in [3.8, 4) is 0 Å². The zero-order valence-electron chi connectivity index (χ0n) is 16.6. The Labute approximate surface area is 170 Å². The van der Waals surface area contributed by atoms with Crippen LogP contribution in [0.5, 0.6) is 0 Å². The van der Waals surface area contributed by atoms with E-state index in [4.69, 9.17) is 0 Å². The van der Waals surface area contributed by atoms with Crippen LogP contribution in [-0.4, -0.2) is 63.8 Å². The van der Waals surface area contributed by atoms with E-state index in [0.29, 0.717) is 6.54 Å². The number of aliphatic imine (C=N–C) groups is 1. The van der Waals surface area contributed by atoms with Gasteiger partial charge in [0.25, 0.3) is 0 Å². The summed E-state index contributed by atoms with van der Waals surface area (Å²) in [5.41, 5.74) is 2.38. The molecule has 3 heterocycles. The third kappa shape index (κ3) is 4.90. The SMILES string of the molecule is CN=C(NCc1cnn(Cc2ccccc2)c1)N1CCN(c2ncccn2)CC1. The lowest BCUT2D eigenvalue weighted by atomic mass is 10.2. The number of hydrogen-bond donors (Lipinski definition) is 1. The molecule has 1 N–H and O–H groups in total. The summed E-state index contributed by atoms with van der Waals surface area (Å²) in [6, 6.07) is 12.2. The highest BCUT2D eigenvalue weighted by molar-refractivity contribution is 5.80. The Hall–Kier alpha value is -3.42. The second-order valence-electron chi connectivity index (χ2n) is 6.96. The molecule has 4 rings (SSSR count). The van der Waals surface area contributed by atoms with Gasteiger partial charge < -0.3 is 15.1 Å². The molecule has 1 fully saturated rings. The number of piperazine rings is 1. The summed E-state index contributed by atoms with van der Waals surface area (Å²) in [5, 5.41) is 7.93. The fourth-order valence-corrected chi connectivity index (χ4v) is 3.44. The Morgan fingerprint density at radius 3 is 2.48 bits per heavy atom. The minimum absolute atomic E-state index is 0.698. The van der Waals surface area contributed by atoms with Gasteiger partial charge in [0.1, 0.15) is 0 Å². The molecule has 8 nitrogen and oxygen atoms in total. The first kappa shape index (κ1) is 18.9. The molecule has 1 aromatic carbocycles. The number of hydrogen-bond acceptors (Lipinski definition) is 5. The standard InChI is InChI=1S/C21H26N8/c1-22-20(27-10-12-28(13-11-27)21-23-8-5-9-24-21)25-14-19-15-26-29(17-19)16-18-6-3-2-4-7-18/h2-9,15,17H,10-14,16H2,1H3,(H,22,25). The summed E-state index contributed by atoms with van der Waals surface area (Å²) in [5.74, 6) is 1.70. The van der Waals surface area contributed by atoms with Crippen LogP contribution in [0.15, 0.2) is 66.2 Å². The van der Waals surface area contributed by atoms with Crippen molar-refractivity contribution in [2.45, 2.75) is 13.1 Å². The smallest absolute Gasteiger partial charge is 0.225 e. The number of nitrogens with one attached hydrogen (secondary N) is 1. The number of benzene rings is 1. The third-order valence-corrected chi connectivity index (χ3v) is 4.95. The Bertz CT molecular complexity index is 914. The molecule has 3 aromatic rings. The van der Waals surface area contributed by atoms with Crippen LogP contribution < -0.4 is 10.2 Å². The molecular formula is C21H26N8. The van der Waals surface area contributed by atoms with E-state index in [1.807, 2.05) is 30.1 Å². The Morgan fingerprint density at radius 2 is 1.76 bits per heavy atom. The molecule has 1 aliphatic rings. The first-order chi connectivity index (χ1) is 14.3. The molecule has 0 aliphatic carbocycles. The second kappa shape index (κ2) is 9.18. The zero-order valence-corrected chi connectivity index (χ0v) is 16.6. The molecule has 0 saturated carbocycles. The molecule has 0 amide bonds. The number of guanidine groups is 1. The van der Waals surface area contributed by atoms with Crippen LogP contribution >= 0.6 is 0 Å². The molecule has 0 atom stereocenters. The van der Waals surface area contributed by atoms with Gasteiger partial charge in [-0.25, -0.2) is 9.97 Å². The van der Waals surface area contributed by atoms with Crippen molar-refractivity contribution in [3.63, 3.8) is 0 Å². The normalized spacial score (nSPS) is 14.9. The Morgan fingerprint density at radius 1 is 1.00 bits per heavy atom. The summed E-state index contributed by atoms with van der Waals surface area (Å²) >= 11 is 0. The van der Waals surface area contributed by atoms with Crippen molar-refractivity contribution >= 4 is 11.9 Å². The molecule has 2 aromatic heterocycles. The summed E-state index contributed by atoms with van der Waals surface area (Å²) in [4.78, 5) is 17.6. The molecular weight excluding hydrogens is 364 g/mol. The Balaban J connectivity index is 1.28. The highest BCUT2D eigenvalue weighted by Gasteiger charge is 2.21. The van der Waals surface area contributed by atoms with Gasteiger partial charge in [-0.2, -0.15) is 5.10 Å². The van der Waals surface area contributed by atoms with Crippen LogP contribution in [-0.2, 0) is 13.1 Å². The van der Waals surface area contributed by atoms with Gasteiger partial charge in [0.15, 0.2) is 5.96 Å². The average molecular weight is 390 g/mol. The summed E-state index contributed by atoms with van der Waals surface area (Å²) < 4.78 is 1.97. The van der Waals surface area contributed by atoms with E-state index < -0.39 is 0 Å². The van der Waals surface area contributed by atoms with E-state index in [9.17, 15) is 0 Å². The van der Waals surface area contributed by atoms with Crippen molar-refractivity contribution in [2.75, 3.05) is 38.1 Å². The number of rotatable bonds is 5. The molecule has 29 heavy (non-hydrogen) atoms. The van der Waals surface area contributed by atoms with Crippen molar-refractivity contribution in [1.82, 2.24) is 30.0 Å². The van der Waals surface area contributed by atoms with E-state index in [-0.39, 0.29) is 0 Å². The monoisotopic (exact) mass is 390 g/mol. The van der Waals surface area contributed by atoms with Gasteiger partial charge in [-0.3, -0.25) is 9.67 Å². The third-order valence-electron chi connectivity index (χ3n) is 4.95. The summed E-state index contributed by atoms with van der Waals surface area (Å²) in [6.07, 6.45) is 7.56. The fraction of sp³-hybridized carbons (Fsp3) is 0.333. The van der Waals surface area contributed by atoms with Crippen LogP contribution in [0.4, 0.5) is 5.95 Å². The van der Waals surface area contributed by atoms with Gasteiger partial charge in [-0.1, -0.05) is 30.3 Å². The maximum absolute atomic E-state index is 4.47. The van der Waals surface area contributed by atoms with Crippen molar-refractivity contribution < 1.29 is 0 Å². The van der Waals surface area contributed by atoms with Gasteiger partial charge >= 0.3 is 0 Å².